The Morgan fingerprint density at radius 1 is 1.12 bits per heavy atom. The van der Waals surface area contributed by atoms with Crippen molar-refractivity contribution in [2.24, 2.45) is 22.7 Å². The number of fused-ring (bicyclic) bond motifs is 3. The summed E-state index contributed by atoms with van der Waals surface area (Å²) in [6.07, 6.45) is 4.88. The first kappa shape index (κ1) is 18.7. The summed E-state index contributed by atoms with van der Waals surface area (Å²) in [6.45, 7) is 10.9. The Kier molecular flexibility index (Phi) is 4.42. The van der Waals surface area contributed by atoms with Crippen LogP contribution in [-0.2, 0) is 9.53 Å². The molecule has 4 heteroatoms. The van der Waals surface area contributed by atoms with Gasteiger partial charge in [-0.1, -0.05) is 20.8 Å². The third-order valence-electron chi connectivity index (χ3n) is 7.99. The van der Waals surface area contributed by atoms with E-state index in [-0.39, 0.29) is 22.3 Å². The fourth-order valence-corrected chi connectivity index (χ4v) is 6.80. The molecule has 1 saturated heterocycles. The summed E-state index contributed by atoms with van der Waals surface area (Å²) in [7, 11) is 0. The van der Waals surface area contributed by atoms with E-state index in [0.29, 0.717) is 24.0 Å². The second-order valence-corrected chi connectivity index (χ2v) is 10.0. The van der Waals surface area contributed by atoms with Crippen molar-refractivity contribution in [2.45, 2.75) is 90.4 Å². The summed E-state index contributed by atoms with van der Waals surface area (Å²) in [5, 5.41) is 10.4. The van der Waals surface area contributed by atoms with Gasteiger partial charge in [0.05, 0.1) is 23.2 Å². The van der Waals surface area contributed by atoms with Gasteiger partial charge in [-0.3, -0.25) is 4.79 Å². The molecule has 3 nitrogen and oxygen atoms in total. The number of carbonyl (C=O) groups excluding carboxylic acids is 1. The summed E-state index contributed by atoms with van der Waals surface area (Å²) < 4.78 is 6.61. The second-order valence-electron chi connectivity index (χ2n) is 9.73. The molecular formula is C20H33ClO3. The zero-order chi connectivity index (χ0) is 18.0. The SMILES string of the molecule is CC1(C(O)CCl)CCC2C(C)(CCC3C(C)(C)C(=O)CCC23C)O1. The van der Waals surface area contributed by atoms with E-state index in [4.69, 9.17) is 16.3 Å². The van der Waals surface area contributed by atoms with Crippen LogP contribution in [0, 0.1) is 22.7 Å². The predicted molar refractivity (Wildman–Crippen MR) is 96.2 cm³/mol. The van der Waals surface area contributed by atoms with Crippen LogP contribution < -0.4 is 0 Å². The van der Waals surface area contributed by atoms with Gasteiger partial charge in [-0.15, -0.1) is 11.6 Å². The van der Waals surface area contributed by atoms with Crippen LogP contribution in [0.15, 0.2) is 0 Å². The lowest BCUT2D eigenvalue weighted by molar-refractivity contribution is -0.280. The third kappa shape index (κ3) is 2.49. The van der Waals surface area contributed by atoms with Crippen LogP contribution in [0.5, 0.6) is 0 Å². The number of hydrogen-bond donors (Lipinski definition) is 1. The Hall–Kier alpha value is -0.120. The van der Waals surface area contributed by atoms with Gasteiger partial charge in [0.25, 0.3) is 0 Å². The molecule has 0 aromatic carbocycles. The molecule has 1 N–H and O–H groups in total. The number of aliphatic hydroxyl groups excluding tert-OH is 1. The average Bonchev–Trinajstić information content (AvgIpc) is 2.49. The van der Waals surface area contributed by atoms with E-state index in [1.54, 1.807) is 0 Å². The number of aliphatic hydroxyl groups is 1. The van der Waals surface area contributed by atoms with E-state index in [2.05, 4.69) is 27.7 Å². The number of carbonyl (C=O) groups is 1. The van der Waals surface area contributed by atoms with Crippen LogP contribution in [0.25, 0.3) is 0 Å². The van der Waals surface area contributed by atoms with Gasteiger partial charge in [-0.2, -0.15) is 0 Å². The molecule has 0 spiro atoms. The predicted octanol–water partition coefficient (Wildman–Crippen LogP) is 4.34. The number of halogens is 1. The number of hydrogen-bond acceptors (Lipinski definition) is 3. The van der Waals surface area contributed by atoms with Crippen LogP contribution >= 0.6 is 11.6 Å². The molecular weight excluding hydrogens is 324 g/mol. The first-order valence-electron chi connectivity index (χ1n) is 9.47. The summed E-state index contributed by atoms with van der Waals surface area (Å²) in [5.74, 6) is 1.49. The minimum atomic E-state index is -0.633. The van der Waals surface area contributed by atoms with Gasteiger partial charge in [-0.25, -0.2) is 0 Å². The Bertz CT molecular complexity index is 533. The lowest BCUT2D eigenvalue weighted by Crippen LogP contribution is -2.65. The normalized spacial score (nSPS) is 49.2. The molecule has 3 aliphatic rings. The molecule has 0 aromatic rings. The van der Waals surface area contributed by atoms with Gasteiger partial charge in [0.15, 0.2) is 0 Å². The highest BCUT2D eigenvalue weighted by Crippen LogP contribution is 2.64. The highest BCUT2D eigenvalue weighted by atomic mass is 35.5. The van der Waals surface area contributed by atoms with E-state index in [9.17, 15) is 9.90 Å². The minimum Gasteiger partial charge on any atom is -0.389 e. The van der Waals surface area contributed by atoms with Crippen LogP contribution in [0.3, 0.4) is 0 Å². The molecule has 3 rings (SSSR count). The zero-order valence-corrected chi connectivity index (χ0v) is 16.6. The zero-order valence-electron chi connectivity index (χ0n) is 15.8. The van der Waals surface area contributed by atoms with Gasteiger partial charge in [0.1, 0.15) is 5.78 Å². The van der Waals surface area contributed by atoms with Crippen molar-refractivity contribution in [3.63, 3.8) is 0 Å². The molecule has 0 amide bonds. The first-order chi connectivity index (χ1) is 11.0. The molecule has 3 fully saturated rings. The quantitative estimate of drug-likeness (QED) is 0.749. The Morgan fingerprint density at radius 3 is 2.38 bits per heavy atom. The van der Waals surface area contributed by atoms with Crippen molar-refractivity contribution in [1.82, 2.24) is 0 Å². The summed E-state index contributed by atoms with van der Waals surface area (Å²) in [6, 6.07) is 0. The topological polar surface area (TPSA) is 46.5 Å². The molecule has 1 heterocycles. The van der Waals surface area contributed by atoms with E-state index >= 15 is 0 Å². The van der Waals surface area contributed by atoms with Crippen LogP contribution in [-0.4, -0.2) is 34.1 Å². The third-order valence-corrected chi connectivity index (χ3v) is 8.28. The Balaban J connectivity index is 1.92. The monoisotopic (exact) mass is 356 g/mol. The molecule has 138 valence electrons. The van der Waals surface area contributed by atoms with E-state index in [1.807, 2.05) is 6.92 Å². The molecule has 2 saturated carbocycles. The van der Waals surface area contributed by atoms with E-state index in [0.717, 1.165) is 32.1 Å². The Labute approximate surface area is 151 Å². The van der Waals surface area contributed by atoms with Crippen molar-refractivity contribution in [2.75, 3.05) is 5.88 Å². The van der Waals surface area contributed by atoms with Crippen molar-refractivity contribution in [3.05, 3.63) is 0 Å². The number of alkyl halides is 1. The summed E-state index contributed by atoms with van der Waals surface area (Å²) >= 11 is 5.92. The van der Waals surface area contributed by atoms with Crippen molar-refractivity contribution < 1.29 is 14.6 Å². The van der Waals surface area contributed by atoms with Crippen molar-refractivity contribution >= 4 is 17.4 Å². The average molecular weight is 357 g/mol. The first-order valence-corrected chi connectivity index (χ1v) is 10.0. The molecule has 1 aliphatic heterocycles. The van der Waals surface area contributed by atoms with Crippen molar-refractivity contribution in [3.8, 4) is 0 Å². The van der Waals surface area contributed by atoms with Gasteiger partial charge >= 0.3 is 0 Å². The van der Waals surface area contributed by atoms with Gasteiger partial charge < -0.3 is 9.84 Å². The summed E-state index contributed by atoms with van der Waals surface area (Å²) in [5.41, 5.74) is -0.889. The summed E-state index contributed by atoms with van der Waals surface area (Å²) in [4.78, 5) is 12.5. The molecule has 0 aromatic heterocycles. The smallest absolute Gasteiger partial charge is 0.138 e. The number of ether oxygens (including phenoxy) is 1. The standard InChI is InChI=1S/C20H33ClO3/c1-17(2)13-6-10-19(4)14(18(13,3)9-8-15(17)22)7-11-20(5,24-19)16(23)12-21/h13-14,16,23H,6-12H2,1-5H3. The van der Waals surface area contributed by atoms with Crippen LogP contribution in [0.4, 0.5) is 0 Å². The largest absolute Gasteiger partial charge is 0.389 e. The lowest BCUT2D eigenvalue weighted by Gasteiger charge is -2.65. The minimum absolute atomic E-state index is 0.137. The highest BCUT2D eigenvalue weighted by Gasteiger charge is 2.63. The maximum Gasteiger partial charge on any atom is 0.138 e. The Morgan fingerprint density at radius 2 is 1.75 bits per heavy atom. The molecule has 0 bridgehead atoms. The maximum absolute atomic E-state index is 12.5. The van der Waals surface area contributed by atoms with Gasteiger partial charge in [0.2, 0.25) is 0 Å². The molecule has 24 heavy (non-hydrogen) atoms. The van der Waals surface area contributed by atoms with E-state index in [1.165, 1.54) is 0 Å². The highest BCUT2D eigenvalue weighted by molar-refractivity contribution is 6.18. The molecule has 6 atom stereocenters. The number of ketones is 1. The second kappa shape index (κ2) is 5.69. The maximum atomic E-state index is 12.5. The molecule has 0 radical (unpaired) electrons. The van der Waals surface area contributed by atoms with E-state index < -0.39 is 11.7 Å². The van der Waals surface area contributed by atoms with Crippen LogP contribution in [0.1, 0.15) is 73.1 Å². The molecule has 2 aliphatic carbocycles. The van der Waals surface area contributed by atoms with Crippen molar-refractivity contribution in [1.29, 1.82) is 0 Å². The fraction of sp³-hybridized carbons (Fsp3) is 0.950. The van der Waals surface area contributed by atoms with Gasteiger partial charge in [0, 0.05) is 11.8 Å². The number of Topliss-reactive ketones (excluding diaryl/α,β-unsaturated/α-hetero) is 1. The number of rotatable bonds is 2. The lowest BCUT2D eigenvalue weighted by atomic mass is 9.44. The van der Waals surface area contributed by atoms with Crippen LogP contribution in [0.2, 0.25) is 0 Å². The fourth-order valence-electron chi connectivity index (χ4n) is 6.48. The van der Waals surface area contributed by atoms with Gasteiger partial charge in [-0.05, 0) is 63.2 Å². The molecule has 6 unspecified atom stereocenters.